The van der Waals surface area contributed by atoms with Crippen LogP contribution in [0.3, 0.4) is 0 Å². The molecule has 20 heavy (non-hydrogen) atoms. The summed E-state index contributed by atoms with van der Waals surface area (Å²) in [6, 6.07) is 7.82. The molecule has 1 aliphatic heterocycles. The number of ether oxygens (including phenoxy) is 1. The van der Waals surface area contributed by atoms with E-state index in [2.05, 4.69) is 17.6 Å². The SMILES string of the molecule is CCC(NC(=O)C1CCCCN1)c1ccccc1OC. The third kappa shape index (κ3) is 3.51. The number of nitrogens with one attached hydrogen (secondary N) is 2. The van der Waals surface area contributed by atoms with Crippen LogP contribution in [0.15, 0.2) is 24.3 Å². The molecule has 1 aromatic rings. The van der Waals surface area contributed by atoms with Gasteiger partial charge in [0.2, 0.25) is 5.91 Å². The van der Waals surface area contributed by atoms with Gasteiger partial charge in [-0.25, -0.2) is 0 Å². The summed E-state index contributed by atoms with van der Waals surface area (Å²) in [5.41, 5.74) is 1.04. The molecule has 1 amide bonds. The maximum absolute atomic E-state index is 12.3. The van der Waals surface area contributed by atoms with Gasteiger partial charge in [-0.1, -0.05) is 31.5 Å². The Morgan fingerprint density at radius 3 is 2.90 bits per heavy atom. The van der Waals surface area contributed by atoms with Gasteiger partial charge >= 0.3 is 0 Å². The number of rotatable bonds is 5. The molecule has 0 spiro atoms. The zero-order chi connectivity index (χ0) is 14.4. The molecule has 0 saturated carbocycles. The second-order valence-corrected chi connectivity index (χ2v) is 5.21. The van der Waals surface area contributed by atoms with Gasteiger partial charge in [-0.2, -0.15) is 0 Å². The Kier molecular flexibility index (Phi) is 5.41. The fourth-order valence-electron chi connectivity index (χ4n) is 2.70. The lowest BCUT2D eigenvalue weighted by Crippen LogP contribution is -2.47. The third-order valence-corrected chi connectivity index (χ3v) is 3.87. The van der Waals surface area contributed by atoms with Gasteiger partial charge in [-0.15, -0.1) is 0 Å². The standard InChI is InChI=1S/C16H24N2O2/c1-3-13(12-8-4-5-10-15(12)20-2)18-16(19)14-9-6-7-11-17-14/h4-5,8,10,13-14,17H,3,6-7,9,11H2,1-2H3,(H,18,19). The molecule has 110 valence electrons. The van der Waals surface area contributed by atoms with Crippen LogP contribution in [0.4, 0.5) is 0 Å². The van der Waals surface area contributed by atoms with Crippen molar-refractivity contribution in [2.24, 2.45) is 0 Å². The lowest BCUT2D eigenvalue weighted by molar-refractivity contribution is -0.124. The predicted octanol–water partition coefficient (Wildman–Crippen LogP) is 2.40. The van der Waals surface area contributed by atoms with Gasteiger partial charge in [0.15, 0.2) is 0 Å². The molecule has 1 fully saturated rings. The molecule has 2 unspecified atom stereocenters. The van der Waals surface area contributed by atoms with Crippen molar-refractivity contribution in [3.8, 4) is 5.75 Å². The van der Waals surface area contributed by atoms with Crippen molar-refractivity contribution in [2.75, 3.05) is 13.7 Å². The summed E-state index contributed by atoms with van der Waals surface area (Å²) in [6.07, 6.45) is 4.05. The molecule has 1 aliphatic rings. The van der Waals surface area contributed by atoms with Gasteiger partial charge in [-0.05, 0) is 31.9 Å². The maximum atomic E-state index is 12.3. The number of hydrogen-bond acceptors (Lipinski definition) is 3. The lowest BCUT2D eigenvalue weighted by atomic mass is 10.0. The Labute approximate surface area is 120 Å². The van der Waals surface area contributed by atoms with Crippen LogP contribution in [0.1, 0.15) is 44.2 Å². The number of benzene rings is 1. The van der Waals surface area contributed by atoms with Gasteiger partial charge < -0.3 is 15.4 Å². The normalized spacial score (nSPS) is 20.2. The molecule has 2 rings (SSSR count). The third-order valence-electron chi connectivity index (χ3n) is 3.87. The monoisotopic (exact) mass is 276 g/mol. The van der Waals surface area contributed by atoms with Crippen molar-refractivity contribution < 1.29 is 9.53 Å². The number of methoxy groups -OCH3 is 1. The topological polar surface area (TPSA) is 50.4 Å². The van der Waals surface area contributed by atoms with Crippen LogP contribution in [0, 0.1) is 0 Å². The van der Waals surface area contributed by atoms with E-state index in [0.717, 1.165) is 43.5 Å². The Balaban J connectivity index is 2.06. The highest BCUT2D eigenvalue weighted by Gasteiger charge is 2.24. The molecule has 1 heterocycles. The fourth-order valence-corrected chi connectivity index (χ4v) is 2.70. The van der Waals surface area contributed by atoms with E-state index >= 15 is 0 Å². The molecule has 0 radical (unpaired) electrons. The molecule has 2 atom stereocenters. The highest BCUT2D eigenvalue weighted by atomic mass is 16.5. The summed E-state index contributed by atoms with van der Waals surface area (Å²) in [5, 5.41) is 6.43. The van der Waals surface area contributed by atoms with E-state index in [1.165, 1.54) is 0 Å². The number of para-hydroxylation sites is 1. The van der Waals surface area contributed by atoms with Crippen molar-refractivity contribution in [1.82, 2.24) is 10.6 Å². The van der Waals surface area contributed by atoms with Crippen molar-refractivity contribution in [2.45, 2.75) is 44.7 Å². The molecule has 1 saturated heterocycles. The van der Waals surface area contributed by atoms with Crippen LogP contribution in [-0.4, -0.2) is 25.6 Å². The first-order valence-electron chi connectivity index (χ1n) is 7.43. The Morgan fingerprint density at radius 1 is 1.45 bits per heavy atom. The minimum atomic E-state index is -0.0486. The van der Waals surface area contributed by atoms with E-state index < -0.39 is 0 Å². The van der Waals surface area contributed by atoms with Crippen molar-refractivity contribution in [3.63, 3.8) is 0 Å². The van der Waals surface area contributed by atoms with E-state index in [-0.39, 0.29) is 18.0 Å². The van der Waals surface area contributed by atoms with Gasteiger partial charge in [0.1, 0.15) is 5.75 Å². The van der Waals surface area contributed by atoms with E-state index in [0.29, 0.717) is 0 Å². The summed E-state index contributed by atoms with van der Waals surface area (Å²) >= 11 is 0. The molecule has 2 N–H and O–H groups in total. The second-order valence-electron chi connectivity index (χ2n) is 5.21. The summed E-state index contributed by atoms with van der Waals surface area (Å²) < 4.78 is 5.39. The number of carbonyl (C=O) groups is 1. The Morgan fingerprint density at radius 2 is 2.25 bits per heavy atom. The van der Waals surface area contributed by atoms with Crippen LogP contribution in [0.5, 0.6) is 5.75 Å². The quantitative estimate of drug-likeness (QED) is 0.868. The summed E-state index contributed by atoms with van der Waals surface area (Å²) in [5.74, 6) is 0.929. The zero-order valence-corrected chi connectivity index (χ0v) is 12.3. The van der Waals surface area contributed by atoms with Crippen molar-refractivity contribution in [3.05, 3.63) is 29.8 Å². The molecular weight excluding hydrogens is 252 g/mol. The first-order valence-corrected chi connectivity index (χ1v) is 7.43. The minimum absolute atomic E-state index is 0.00220. The van der Waals surface area contributed by atoms with Gasteiger partial charge in [0.25, 0.3) is 0 Å². The Hall–Kier alpha value is -1.55. The smallest absolute Gasteiger partial charge is 0.237 e. The molecule has 1 aromatic carbocycles. The molecular formula is C16H24N2O2. The van der Waals surface area contributed by atoms with Crippen LogP contribution in [-0.2, 0) is 4.79 Å². The average Bonchev–Trinajstić information content (AvgIpc) is 2.53. The molecule has 4 nitrogen and oxygen atoms in total. The fraction of sp³-hybridized carbons (Fsp3) is 0.562. The summed E-state index contributed by atoms with van der Waals surface area (Å²) in [7, 11) is 1.66. The minimum Gasteiger partial charge on any atom is -0.496 e. The van der Waals surface area contributed by atoms with Crippen LogP contribution in [0.25, 0.3) is 0 Å². The highest BCUT2D eigenvalue weighted by Crippen LogP contribution is 2.27. The van der Waals surface area contributed by atoms with Crippen LogP contribution in [0.2, 0.25) is 0 Å². The largest absolute Gasteiger partial charge is 0.496 e. The first-order chi connectivity index (χ1) is 9.76. The van der Waals surface area contributed by atoms with Crippen molar-refractivity contribution in [1.29, 1.82) is 0 Å². The molecule has 0 bridgehead atoms. The van der Waals surface area contributed by atoms with E-state index in [9.17, 15) is 4.79 Å². The van der Waals surface area contributed by atoms with Crippen LogP contribution < -0.4 is 15.4 Å². The maximum Gasteiger partial charge on any atom is 0.237 e. The predicted molar refractivity (Wildman–Crippen MR) is 79.8 cm³/mol. The molecule has 0 aliphatic carbocycles. The lowest BCUT2D eigenvalue weighted by Gasteiger charge is -2.26. The number of amides is 1. The second kappa shape index (κ2) is 7.29. The number of carbonyl (C=O) groups excluding carboxylic acids is 1. The summed E-state index contributed by atoms with van der Waals surface area (Å²) in [4.78, 5) is 12.3. The number of hydrogen-bond donors (Lipinski definition) is 2. The van der Waals surface area contributed by atoms with E-state index in [1.807, 2.05) is 24.3 Å². The average molecular weight is 276 g/mol. The van der Waals surface area contributed by atoms with E-state index in [4.69, 9.17) is 4.74 Å². The molecule has 4 heteroatoms. The van der Waals surface area contributed by atoms with E-state index in [1.54, 1.807) is 7.11 Å². The molecule has 0 aromatic heterocycles. The first kappa shape index (κ1) is 14.9. The highest BCUT2D eigenvalue weighted by molar-refractivity contribution is 5.82. The van der Waals surface area contributed by atoms with Gasteiger partial charge in [-0.3, -0.25) is 4.79 Å². The number of piperidine rings is 1. The van der Waals surface area contributed by atoms with Crippen LogP contribution >= 0.6 is 0 Å². The van der Waals surface area contributed by atoms with Crippen molar-refractivity contribution >= 4 is 5.91 Å². The summed E-state index contributed by atoms with van der Waals surface area (Å²) in [6.45, 7) is 3.01. The zero-order valence-electron chi connectivity index (χ0n) is 12.3. The van der Waals surface area contributed by atoms with Gasteiger partial charge in [0, 0.05) is 5.56 Å². The Bertz CT molecular complexity index is 442. The van der Waals surface area contributed by atoms with Gasteiger partial charge in [0.05, 0.1) is 19.2 Å².